The summed E-state index contributed by atoms with van der Waals surface area (Å²) in [6.45, 7) is 1.97. The van der Waals surface area contributed by atoms with Crippen molar-refractivity contribution in [1.82, 2.24) is 0 Å². The molecule has 2 saturated heterocycles. The van der Waals surface area contributed by atoms with Crippen molar-refractivity contribution in [3.8, 4) is 11.5 Å². The highest BCUT2D eigenvalue weighted by Gasteiger charge is 2.50. The first-order chi connectivity index (χ1) is 17.2. The van der Waals surface area contributed by atoms with Crippen molar-refractivity contribution in [1.29, 1.82) is 0 Å². The van der Waals surface area contributed by atoms with Crippen LogP contribution in [0.5, 0.6) is 11.5 Å². The van der Waals surface area contributed by atoms with Crippen LogP contribution in [-0.4, -0.2) is 42.3 Å². The summed E-state index contributed by atoms with van der Waals surface area (Å²) in [4.78, 5) is 19.2. The van der Waals surface area contributed by atoms with Gasteiger partial charge in [0.2, 0.25) is 0 Å². The van der Waals surface area contributed by atoms with Gasteiger partial charge in [-0.05, 0) is 54.4 Å². The lowest BCUT2D eigenvalue weighted by atomic mass is 10.1. The molecule has 6 nitrogen and oxygen atoms in total. The number of sulfone groups is 1. The maximum Gasteiger partial charge on any atom is 0.252 e. The van der Waals surface area contributed by atoms with E-state index in [1.165, 1.54) is 11.8 Å². The number of rotatable bonds is 5. The van der Waals surface area contributed by atoms with Crippen LogP contribution in [-0.2, 0) is 21.1 Å². The number of carbonyl (C=O) groups excluding carboxylic acids is 1. The van der Waals surface area contributed by atoms with E-state index in [1.807, 2.05) is 37.3 Å². The Kier molecular flexibility index (Phi) is 7.05. The van der Waals surface area contributed by atoms with Crippen LogP contribution in [0.3, 0.4) is 0 Å². The zero-order valence-electron chi connectivity index (χ0n) is 19.2. The summed E-state index contributed by atoms with van der Waals surface area (Å²) in [5.74, 6) is 0.724. The van der Waals surface area contributed by atoms with Gasteiger partial charge in [0.15, 0.2) is 20.8 Å². The van der Waals surface area contributed by atoms with Crippen LogP contribution >= 0.6 is 35.0 Å². The lowest BCUT2D eigenvalue weighted by molar-refractivity contribution is -0.117. The van der Waals surface area contributed by atoms with Crippen LogP contribution in [0.4, 0.5) is 5.69 Å². The first-order valence-electron chi connectivity index (χ1n) is 11.2. The van der Waals surface area contributed by atoms with Gasteiger partial charge >= 0.3 is 0 Å². The molecule has 2 atom stereocenters. The fraction of sp³-hybridized carbons (Fsp3) is 0.231. The van der Waals surface area contributed by atoms with E-state index >= 15 is 0 Å². The fourth-order valence-corrected chi connectivity index (χ4v) is 8.66. The molecule has 0 spiro atoms. The summed E-state index contributed by atoms with van der Waals surface area (Å²) in [6.07, 6.45) is 0.0351. The Balaban J connectivity index is 1.54. The SMILES string of the molecule is Cc1cccc(Oc2ccc(Cl)cc2N2C(=NC(=O)Cc3ccccc3Cl)S[C@@H]3CS(=O)(=O)C[C@@H]32)c1. The zero-order chi connectivity index (χ0) is 25.4. The molecule has 3 aromatic carbocycles. The van der Waals surface area contributed by atoms with Gasteiger partial charge in [-0.25, -0.2) is 8.42 Å². The number of hydrogen-bond acceptors (Lipinski definition) is 5. The van der Waals surface area contributed by atoms with Crippen LogP contribution < -0.4 is 9.64 Å². The number of nitrogens with zero attached hydrogens (tertiary/aromatic N) is 2. The second-order valence-electron chi connectivity index (χ2n) is 8.76. The first kappa shape index (κ1) is 25.1. The molecule has 0 aromatic heterocycles. The molecule has 2 aliphatic heterocycles. The van der Waals surface area contributed by atoms with E-state index in [0.717, 1.165) is 5.56 Å². The largest absolute Gasteiger partial charge is 0.455 e. The van der Waals surface area contributed by atoms with Crippen LogP contribution in [0.1, 0.15) is 11.1 Å². The molecule has 3 aromatic rings. The van der Waals surface area contributed by atoms with Crippen molar-refractivity contribution in [2.45, 2.75) is 24.6 Å². The Hall–Kier alpha value is -2.52. The molecule has 36 heavy (non-hydrogen) atoms. The number of hydrogen-bond donors (Lipinski definition) is 0. The van der Waals surface area contributed by atoms with Crippen molar-refractivity contribution < 1.29 is 17.9 Å². The monoisotopic (exact) mass is 560 g/mol. The standard InChI is InChI=1S/C26H22Cl2N2O4S2/c1-16-5-4-7-19(11-16)34-23-10-9-18(27)13-21(23)30-22-14-36(32,33)15-24(22)35-26(30)29-25(31)12-17-6-2-3-8-20(17)28/h2-11,13,22,24H,12,14-15H2,1H3/t22-,24+/m0/s1. The Bertz CT molecular complexity index is 1480. The molecule has 0 aliphatic carbocycles. The smallest absolute Gasteiger partial charge is 0.252 e. The summed E-state index contributed by atoms with van der Waals surface area (Å²) in [5, 5.41) is 1.12. The maximum absolute atomic E-state index is 13.0. The molecule has 0 N–H and O–H groups in total. The summed E-state index contributed by atoms with van der Waals surface area (Å²) in [6, 6.07) is 19.5. The Morgan fingerprint density at radius 2 is 1.89 bits per heavy atom. The Morgan fingerprint density at radius 3 is 2.67 bits per heavy atom. The molecule has 2 heterocycles. The maximum atomic E-state index is 13.0. The predicted octanol–water partition coefficient (Wildman–Crippen LogP) is 5.94. The lowest BCUT2D eigenvalue weighted by Crippen LogP contribution is -2.38. The summed E-state index contributed by atoms with van der Waals surface area (Å²) in [7, 11) is -3.23. The highest BCUT2D eigenvalue weighted by Crippen LogP contribution is 2.45. The molecular weight excluding hydrogens is 539 g/mol. The predicted molar refractivity (Wildman–Crippen MR) is 147 cm³/mol. The summed E-state index contributed by atoms with van der Waals surface area (Å²) < 4.78 is 31.2. The van der Waals surface area contributed by atoms with Crippen molar-refractivity contribution in [2.24, 2.45) is 4.99 Å². The van der Waals surface area contributed by atoms with Crippen LogP contribution in [0.2, 0.25) is 10.0 Å². The first-order valence-corrected chi connectivity index (χ1v) is 14.7. The molecule has 0 unspecified atom stereocenters. The van der Waals surface area contributed by atoms with E-state index in [1.54, 1.807) is 41.3 Å². The van der Waals surface area contributed by atoms with Crippen LogP contribution in [0, 0.1) is 6.92 Å². The molecular formula is C26H22Cl2N2O4S2. The summed E-state index contributed by atoms with van der Waals surface area (Å²) in [5.41, 5.74) is 2.27. The number of ether oxygens (including phenoxy) is 1. The molecule has 1 amide bonds. The van der Waals surface area contributed by atoms with Gasteiger partial charge in [-0.3, -0.25) is 4.79 Å². The van der Waals surface area contributed by atoms with Crippen molar-refractivity contribution in [2.75, 3.05) is 16.4 Å². The third kappa shape index (κ3) is 5.42. The molecule has 0 saturated carbocycles. The highest BCUT2D eigenvalue weighted by atomic mass is 35.5. The van der Waals surface area contributed by atoms with Gasteiger partial charge in [-0.2, -0.15) is 4.99 Å². The molecule has 0 bridgehead atoms. The molecule has 10 heteroatoms. The zero-order valence-corrected chi connectivity index (χ0v) is 22.4. The molecule has 186 valence electrons. The van der Waals surface area contributed by atoms with Crippen LogP contribution in [0.15, 0.2) is 71.7 Å². The number of carbonyl (C=O) groups is 1. The molecule has 5 rings (SSSR count). The molecule has 2 aliphatic rings. The van der Waals surface area contributed by atoms with Gasteiger partial charge in [0, 0.05) is 15.3 Å². The van der Waals surface area contributed by atoms with Gasteiger partial charge in [-0.1, -0.05) is 65.3 Å². The number of fused-ring (bicyclic) bond motifs is 1. The number of amides is 1. The highest BCUT2D eigenvalue weighted by molar-refractivity contribution is 8.16. The van der Waals surface area contributed by atoms with Crippen molar-refractivity contribution in [3.05, 3.63) is 87.9 Å². The average Bonchev–Trinajstić information content (AvgIpc) is 3.27. The second kappa shape index (κ2) is 10.1. The minimum absolute atomic E-state index is 0.0190. The quantitative estimate of drug-likeness (QED) is 0.384. The third-order valence-corrected chi connectivity index (χ3v) is 9.80. The van der Waals surface area contributed by atoms with Gasteiger partial charge in [0.1, 0.15) is 5.75 Å². The second-order valence-corrected chi connectivity index (χ2v) is 13.0. The van der Waals surface area contributed by atoms with E-state index in [4.69, 9.17) is 27.9 Å². The van der Waals surface area contributed by atoms with E-state index in [0.29, 0.717) is 38.0 Å². The van der Waals surface area contributed by atoms with E-state index in [2.05, 4.69) is 4.99 Å². The average molecular weight is 562 g/mol. The Morgan fingerprint density at radius 1 is 1.08 bits per heavy atom. The molecule has 0 radical (unpaired) electrons. The number of aliphatic imine (C=N–C) groups is 1. The fourth-order valence-electron chi connectivity index (χ4n) is 4.37. The number of aryl methyl sites for hydroxylation is 1. The van der Waals surface area contributed by atoms with E-state index in [9.17, 15) is 13.2 Å². The minimum atomic E-state index is -3.23. The number of benzene rings is 3. The number of thioether (sulfide) groups is 1. The van der Waals surface area contributed by atoms with Crippen molar-refractivity contribution in [3.63, 3.8) is 0 Å². The minimum Gasteiger partial charge on any atom is -0.455 e. The molecule has 2 fully saturated rings. The summed E-state index contributed by atoms with van der Waals surface area (Å²) >= 11 is 13.9. The van der Waals surface area contributed by atoms with Gasteiger partial charge in [0.05, 0.1) is 29.7 Å². The van der Waals surface area contributed by atoms with Gasteiger partial charge < -0.3 is 9.64 Å². The van der Waals surface area contributed by atoms with Gasteiger partial charge in [0.25, 0.3) is 5.91 Å². The number of halogens is 2. The third-order valence-electron chi connectivity index (χ3n) is 5.98. The topological polar surface area (TPSA) is 76.0 Å². The lowest BCUT2D eigenvalue weighted by Gasteiger charge is -2.27. The van der Waals surface area contributed by atoms with Gasteiger partial charge in [-0.15, -0.1) is 0 Å². The van der Waals surface area contributed by atoms with E-state index < -0.39 is 15.9 Å². The van der Waals surface area contributed by atoms with Crippen LogP contribution in [0.25, 0.3) is 0 Å². The number of amidine groups is 1. The van der Waals surface area contributed by atoms with Crippen molar-refractivity contribution >= 4 is 61.6 Å². The number of anilines is 1. The Labute approximate surface area is 224 Å². The normalized spacial score (nSPS) is 21.5. The van der Waals surface area contributed by atoms with E-state index in [-0.39, 0.29) is 29.1 Å².